The molecule has 1 aliphatic heterocycles. The molecular formula is C11H11F3N2O. The Kier molecular flexibility index (Phi) is 3.21. The predicted molar refractivity (Wildman–Crippen MR) is 57.1 cm³/mol. The number of hydrazone groups is 1. The van der Waals surface area contributed by atoms with E-state index >= 15 is 0 Å². The maximum absolute atomic E-state index is 11.9. The normalized spacial score (nSPS) is 15.4. The highest BCUT2D eigenvalue weighted by Gasteiger charge is 2.28. The largest absolute Gasteiger partial charge is 0.484 e. The number of hydrogen-bond donors (Lipinski definition) is 1. The zero-order chi connectivity index (χ0) is 12.3. The molecule has 3 nitrogen and oxygen atoms in total. The summed E-state index contributed by atoms with van der Waals surface area (Å²) < 4.78 is 40.3. The van der Waals surface area contributed by atoms with E-state index in [9.17, 15) is 13.2 Å². The Labute approximate surface area is 96.3 Å². The quantitative estimate of drug-likeness (QED) is 0.885. The second-order valence-corrected chi connectivity index (χ2v) is 3.64. The highest BCUT2D eigenvalue weighted by atomic mass is 19.4. The van der Waals surface area contributed by atoms with E-state index in [1.165, 1.54) is 12.1 Å². The zero-order valence-electron chi connectivity index (χ0n) is 8.92. The number of alkyl halides is 3. The van der Waals surface area contributed by atoms with E-state index in [1.54, 1.807) is 12.1 Å². The smallest absolute Gasteiger partial charge is 0.422 e. The maximum atomic E-state index is 11.9. The first kappa shape index (κ1) is 11.8. The molecule has 1 aromatic carbocycles. The van der Waals surface area contributed by atoms with Crippen molar-refractivity contribution in [2.45, 2.75) is 12.6 Å². The maximum Gasteiger partial charge on any atom is 0.422 e. The number of benzene rings is 1. The number of hydrogen-bond acceptors (Lipinski definition) is 3. The van der Waals surface area contributed by atoms with Crippen molar-refractivity contribution < 1.29 is 17.9 Å². The molecule has 0 fully saturated rings. The van der Waals surface area contributed by atoms with Crippen LogP contribution in [-0.2, 0) is 0 Å². The standard InChI is InChI=1S/C11H11F3N2O/c12-11(13,14)7-17-9-3-1-8(2-4-9)10-5-6-15-16-10/h1-4,15H,5-7H2. The van der Waals surface area contributed by atoms with E-state index in [0.717, 1.165) is 24.2 Å². The van der Waals surface area contributed by atoms with Gasteiger partial charge in [0, 0.05) is 13.0 Å². The second-order valence-electron chi connectivity index (χ2n) is 3.64. The van der Waals surface area contributed by atoms with Gasteiger partial charge in [0.2, 0.25) is 0 Å². The van der Waals surface area contributed by atoms with Gasteiger partial charge in [0.25, 0.3) is 0 Å². The van der Waals surface area contributed by atoms with Gasteiger partial charge in [0.05, 0.1) is 5.71 Å². The number of rotatable bonds is 3. The van der Waals surface area contributed by atoms with Gasteiger partial charge in [0.1, 0.15) is 5.75 Å². The van der Waals surface area contributed by atoms with Crippen LogP contribution in [-0.4, -0.2) is 25.0 Å². The number of nitrogens with zero attached hydrogens (tertiary/aromatic N) is 1. The molecule has 0 bridgehead atoms. The Balaban J connectivity index is 1.98. The van der Waals surface area contributed by atoms with Gasteiger partial charge in [-0.2, -0.15) is 18.3 Å². The van der Waals surface area contributed by atoms with E-state index in [0.29, 0.717) is 0 Å². The Hall–Kier alpha value is -1.72. The zero-order valence-corrected chi connectivity index (χ0v) is 8.92. The van der Waals surface area contributed by atoms with Crippen LogP contribution >= 0.6 is 0 Å². The van der Waals surface area contributed by atoms with Gasteiger partial charge in [-0.15, -0.1) is 0 Å². The SMILES string of the molecule is FC(F)(F)COc1ccc(C2=NNCC2)cc1. The van der Waals surface area contributed by atoms with E-state index in [-0.39, 0.29) is 5.75 Å². The molecular weight excluding hydrogens is 233 g/mol. The van der Waals surface area contributed by atoms with Gasteiger partial charge < -0.3 is 10.2 Å². The molecule has 0 unspecified atom stereocenters. The van der Waals surface area contributed by atoms with Crippen molar-refractivity contribution in [3.05, 3.63) is 29.8 Å². The first-order chi connectivity index (χ1) is 8.04. The lowest BCUT2D eigenvalue weighted by Crippen LogP contribution is -2.19. The molecule has 0 aliphatic carbocycles. The van der Waals surface area contributed by atoms with Crippen LogP contribution in [0.2, 0.25) is 0 Å². The van der Waals surface area contributed by atoms with Crippen LogP contribution in [0.5, 0.6) is 5.75 Å². The number of ether oxygens (including phenoxy) is 1. The highest BCUT2D eigenvalue weighted by Crippen LogP contribution is 2.19. The molecule has 1 aromatic rings. The summed E-state index contributed by atoms with van der Waals surface area (Å²) in [7, 11) is 0. The van der Waals surface area contributed by atoms with Crippen molar-refractivity contribution in [3.63, 3.8) is 0 Å². The molecule has 6 heteroatoms. The van der Waals surface area contributed by atoms with Crippen molar-refractivity contribution in [1.82, 2.24) is 5.43 Å². The van der Waals surface area contributed by atoms with Crippen LogP contribution in [0.1, 0.15) is 12.0 Å². The molecule has 0 aromatic heterocycles. The van der Waals surface area contributed by atoms with E-state index < -0.39 is 12.8 Å². The first-order valence-electron chi connectivity index (χ1n) is 5.14. The minimum Gasteiger partial charge on any atom is -0.484 e. The summed E-state index contributed by atoms with van der Waals surface area (Å²) in [6, 6.07) is 6.44. The Morgan fingerprint density at radius 3 is 2.47 bits per heavy atom. The van der Waals surface area contributed by atoms with Crippen LogP contribution in [0.15, 0.2) is 29.4 Å². The molecule has 0 radical (unpaired) electrons. The minimum atomic E-state index is -4.31. The van der Waals surface area contributed by atoms with E-state index in [4.69, 9.17) is 0 Å². The Morgan fingerprint density at radius 2 is 1.94 bits per heavy atom. The third-order valence-corrected chi connectivity index (χ3v) is 2.28. The lowest BCUT2D eigenvalue weighted by molar-refractivity contribution is -0.153. The van der Waals surface area contributed by atoms with Gasteiger partial charge in [-0.05, 0) is 29.8 Å². The van der Waals surface area contributed by atoms with Crippen molar-refractivity contribution in [2.75, 3.05) is 13.2 Å². The highest BCUT2D eigenvalue weighted by molar-refractivity contribution is 6.01. The van der Waals surface area contributed by atoms with Crippen molar-refractivity contribution in [3.8, 4) is 5.75 Å². The molecule has 0 amide bonds. The lowest BCUT2D eigenvalue weighted by atomic mass is 10.1. The average Bonchev–Trinajstić information content (AvgIpc) is 2.79. The van der Waals surface area contributed by atoms with E-state index in [2.05, 4.69) is 15.3 Å². The van der Waals surface area contributed by atoms with Gasteiger partial charge in [0.15, 0.2) is 6.61 Å². The fourth-order valence-electron chi connectivity index (χ4n) is 1.50. The van der Waals surface area contributed by atoms with Crippen molar-refractivity contribution >= 4 is 5.71 Å². The molecule has 17 heavy (non-hydrogen) atoms. The lowest BCUT2D eigenvalue weighted by Gasteiger charge is -2.09. The summed E-state index contributed by atoms with van der Waals surface area (Å²) in [4.78, 5) is 0. The number of halogens is 3. The fraction of sp³-hybridized carbons (Fsp3) is 0.364. The summed E-state index contributed by atoms with van der Waals surface area (Å²) in [6.07, 6.45) is -3.49. The molecule has 0 saturated heterocycles. The summed E-state index contributed by atoms with van der Waals surface area (Å²) in [5.74, 6) is 0.206. The summed E-state index contributed by atoms with van der Waals surface area (Å²) >= 11 is 0. The first-order valence-corrected chi connectivity index (χ1v) is 5.14. The van der Waals surface area contributed by atoms with Gasteiger partial charge in [-0.1, -0.05) is 0 Å². The summed E-state index contributed by atoms with van der Waals surface area (Å²) in [6.45, 7) is -0.476. The summed E-state index contributed by atoms with van der Waals surface area (Å²) in [5.41, 5.74) is 4.65. The van der Waals surface area contributed by atoms with Crippen LogP contribution in [0.25, 0.3) is 0 Å². The van der Waals surface area contributed by atoms with Gasteiger partial charge in [-0.25, -0.2) is 0 Å². The molecule has 1 aliphatic rings. The summed E-state index contributed by atoms with van der Waals surface area (Å²) in [5, 5.41) is 4.07. The molecule has 0 spiro atoms. The third-order valence-electron chi connectivity index (χ3n) is 2.28. The van der Waals surface area contributed by atoms with Crippen LogP contribution in [0.4, 0.5) is 13.2 Å². The molecule has 0 saturated carbocycles. The Morgan fingerprint density at radius 1 is 1.24 bits per heavy atom. The molecule has 0 atom stereocenters. The molecule has 2 rings (SSSR count). The molecule has 1 N–H and O–H groups in total. The molecule has 92 valence electrons. The number of nitrogens with one attached hydrogen (secondary N) is 1. The average molecular weight is 244 g/mol. The van der Waals surface area contributed by atoms with Gasteiger partial charge in [-0.3, -0.25) is 0 Å². The second kappa shape index (κ2) is 4.65. The third kappa shape index (κ3) is 3.37. The van der Waals surface area contributed by atoms with Crippen LogP contribution < -0.4 is 10.2 Å². The van der Waals surface area contributed by atoms with Crippen molar-refractivity contribution in [1.29, 1.82) is 0 Å². The van der Waals surface area contributed by atoms with Gasteiger partial charge >= 0.3 is 6.18 Å². The van der Waals surface area contributed by atoms with Crippen molar-refractivity contribution in [2.24, 2.45) is 5.10 Å². The minimum absolute atomic E-state index is 0.206. The molecule has 1 heterocycles. The topological polar surface area (TPSA) is 33.6 Å². The van der Waals surface area contributed by atoms with Crippen LogP contribution in [0.3, 0.4) is 0 Å². The monoisotopic (exact) mass is 244 g/mol. The van der Waals surface area contributed by atoms with Crippen LogP contribution in [0, 0.1) is 0 Å². The predicted octanol–water partition coefficient (Wildman–Crippen LogP) is 2.33. The fourth-order valence-corrected chi connectivity index (χ4v) is 1.50. The van der Waals surface area contributed by atoms with E-state index in [1.807, 2.05) is 0 Å². The Bertz CT molecular complexity index is 412.